The molecule has 0 unspecified atom stereocenters. The summed E-state index contributed by atoms with van der Waals surface area (Å²) in [6.07, 6.45) is 2.01. The molecule has 0 spiro atoms. The van der Waals surface area contributed by atoms with Crippen molar-refractivity contribution in [1.29, 1.82) is 0 Å². The molecule has 0 saturated carbocycles. The van der Waals surface area contributed by atoms with Crippen LogP contribution in [0.25, 0.3) is 10.9 Å². The predicted molar refractivity (Wildman–Crippen MR) is 95.2 cm³/mol. The Morgan fingerprint density at radius 1 is 1.13 bits per heavy atom. The summed E-state index contributed by atoms with van der Waals surface area (Å²) < 4.78 is 5.96. The number of hydrogen-bond donors (Lipinski definition) is 1. The van der Waals surface area contributed by atoms with Crippen molar-refractivity contribution in [2.75, 3.05) is 0 Å². The van der Waals surface area contributed by atoms with Crippen molar-refractivity contribution in [2.45, 2.75) is 46.6 Å². The molecule has 3 heteroatoms. The van der Waals surface area contributed by atoms with Gasteiger partial charge in [-0.05, 0) is 50.5 Å². The molecule has 2 aromatic carbocycles. The van der Waals surface area contributed by atoms with E-state index >= 15 is 0 Å². The largest absolute Gasteiger partial charge is 0.491 e. The fourth-order valence-corrected chi connectivity index (χ4v) is 2.93. The Morgan fingerprint density at radius 2 is 1.96 bits per heavy atom. The Balaban J connectivity index is 1.93. The lowest BCUT2D eigenvalue weighted by Gasteiger charge is -2.15. The third kappa shape index (κ3) is 3.39. The Bertz CT molecular complexity index is 818. The molecule has 0 aliphatic rings. The van der Waals surface area contributed by atoms with E-state index in [-0.39, 0.29) is 6.10 Å². The molecule has 1 N–H and O–H groups in total. The van der Waals surface area contributed by atoms with Crippen molar-refractivity contribution < 1.29 is 4.74 Å². The fourth-order valence-electron chi connectivity index (χ4n) is 2.93. The van der Waals surface area contributed by atoms with E-state index < -0.39 is 0 Å². The number of nitrogens with zero attached hydrogens (tertiary/aromatic N) is 1. The highest BCUT2D eigenvalue weighted by Gasteiger charge is 2.09. The number of hydrogen-bond acceptors (Lipinski definition) is 2. The van der Waals surface area contributed by atoms with Gasteiger partial charge >= 0.3 is 0 Å². The van der Waals surface area contributed by atoms with Crippen LogP contribution in [0.15, 0.2) is 36.4 Å². The van der Waals surface area contributed by atoms with E-state index in [1.165, 1.54) is 27.8 Å². The molecule has 3 nitrogen and oxygen atoms in total. The molecule has 1 aromatic heterocycles. The van der Waals surface area contributed by atoms with Crippen LogP contribution in [0.5, 0.6) is 5.75 Å². The minimum absolute atomic E-state index is 0.178. The lowest BCUT2D eigenvalue weighted by molar-refractivity contribution is 0.240. The van der Waals surface area contributed by atoms with Crippen LogP contribution in [0.1, 0.15) is 43.2 Å². The number of nitrogens with one attached hydrogen (secondary N) is 1. The number of rotatable bonds is 5. The SMILES string of the molecule is CCc1[nH]nc2cc(Cc3cc(C)ccc3OC(C)C)ccc12. The quantitative estimate of drug-likeness (QED) is 0.734. The predicted octanol–water partition coefficient (Wildman–Crippen LogP) is 4.81. The van der Waals surface area contributed by atoms with Crippen LogP contribution in [-0.4, -0.2) is 16.3 Å². The molecule has 0 radical (unpaired) electrons. The molecule has 3 rings (SSSR count). The monoisotopic (exact) mass is 308 g/mol. The van der Waals surface area contributed by atoms with Gasteiger partial charge in [0, 0.05) is 17.5 Å². The number of fused-ring (bicyclic) bond motifs is 1. The van der Waals surface area contributed by atoms with Gasteiger partial charge in [0.25, 0.3) is 0 Å². The molecule has 0 atom stereocenters. The number of benzene rings is 2. The van der Waals surface area contributed by atoms with Crippen molar-refractivity contribution in [3.05, 3.63) is 58.8 Å². The number of aromatic amines is 1. The highest BCUT2D eigenvalue weighted by atomic mass is 16.5. The topological polar surface area (TPSA) is 37.9 Å². The summed E-state index contributed by atoms with van der Waals surface area (Å²) in [4.78, 5) is 0. The summed E-state index contributed by atoms with van der Waals surface area (Å²) >= 11 is 0. The Kier molecular flexibility index (Phi) is 4.37. The summed E-state index contributed by atoms with van der Waals surface area (Å²) in [5, 5.41) is 8.77. The van der Waals surface area contributed by atoms with Gasteiger partial charge in [-0.15, -0.1) is 0 Å². The molecule has 1 heterocycles. The Hall–Kier alpha value is -2.29. The van der Waals surface area contributed by atoms with E-state index in [2.05, 4.69) is 74.3 Å². The number of aromatic nitrogens is 2. The van der Waals surface area contributed by atoms with E-state index in [4.69, 9.17) is 4.74 Å². The molecule has 120 valence electrons. The van der Waals surface area contributed by atoms with Crippen molar-refractivity contribution in [2.24, 2.45) is 0 Å². The first-order chi connectivity index (χ1) is 11.1. The Morgan fingerprint density at radius 3 is 2.70 bits per heavy atom. The Labute approximate surface area is 137 Å². The third-order valence-corrected chi connectivity index (χ3v) is 4.03. The fraction of sp³-hybridized carbons (Fsp3) is 0.350. The van der Waals surface area contributed by atoms with Gasteiger partial charge in [-0.25, -0.2) is 0 Å². The van der Waals surface area contributed by atoms with Crippen LogP contribution < -0.4 is 4.74 Å². The van der Waals surface area contributed by atoms with E-state index in [0.717, 1.165) is 24.1 Å². The molecule has 0 saturated heterocycles. The molecule has 0 aliphatic heterocycles. The first-order valence-corrected chi connectivity index (χ1v) is 8.29. The molecule has 0 aliphatic carbocycles. The highest BCUT2D eigenvalue weighted by Crippen LogP contribution is 2.26. The molecule has 0 bridgehead atoms. The molecule has 3 aromatic rings. The second kappa shape index (κ2) is 6.45. The summed E-state index contributed by atoms with van der Waals surface area (Å²) in [5.41, 5.74) is 5.98. The smallest absolute Gasteiger partial charge is 0.123 e. The van der Waals surface area contributed by atoms with E-state index in [0.29, 0.717) is 0 Å². The highest BCUT2D eigenvalue weighted by molar-refractivity contribution is 5.82. The lowest BCUT2D eigenvalue weighted by atomic mass is 10.0. The number of aryl methyl sites for hydroxylation is 2. The molecule has 0 fully saturated rings. The number of H-pyrrole nitrogens is 1. The van der Waals surface area contributed by atoms with Crippen molar-refractivity contribution in [1.82, 2.24) is 10.2 Å². The van der Waals surface area contributed by atoms with Crippen LogP contribution in [0.2, 0.25) is 0 Å². The molecular weight excluding hydrogens is 284 g/mol. The van der Waals surface area contributed by atoms with Crippen LogP contribution in [0.4, 0.5) is 0 Å². The van der Waals surface area contributed by atoms with Gasteiger partial charge in [0.15, 0.2) is 0 Å². The van der Waals surface area contributed by atoms with Crippen LogP contribution in [0, 0.1) is 6.92 Å². The van der Waals surface area contributed by atoms with Crippen molar-refractivity contribution >= 4 is 10.9 Å². The number of ether oxygens (including phenoxy) is 1. The van der Waals surface area contributed by atoms with E-state index in [1.54, 1.807) is 0 Å². The van der Waals surface area contributed by atoms with Crippen molar-refractivity contribution in [3.63, 3.8) is 0 Å². The van der Waals surface area contributed by atoms with Gasteiger partial charge in [-0.2, -0.15) is 5.10 Å². The van der Waals surface area contributed by atoms with Gasteiger partial charge in [0.1, 0.15) is 5.75 Å². The third-order valence-electron chi connectivity index (χ3n) is 4.03. The van der Waals surface area contributed by atoms with Gasteiger partial charge in [0.2, 0.25) is 0 Å². The second-order valence-electron chi connectivity index (χ2n) is 6.36. The second-order valence-corrected chi connectivity index (χ2v) is 6.36. The first-order valence-electron chi connectivity index (χ1n) is 8.29. The normalized spacial score (nSPS) is 11.3. The van der Waals surface area contributed by atoms with E-state index in [1.807, 2.05) is 0 Å². The maximum Gasteiger partial charge on any atom is 0.123 e. The minimum Gasteiger partial charge on any atom is -0.491 e. The average molecular weight is 308 g/mol. The zero-order valence-electron chi connectivity index (χ0n) is 14.3. The van der Waals surface area contributed by atoms with Crippen molar-refractivity contribution in [3.8, 4) is 5.75 Å². The van der Waals surface area contributed by atoms with Gasteiger partial charge in [0.05, 0.1) is 11.6 Å². The van der Waals surface area contributed by atoms with Gasteiger partial charge in [-0.3, -0.25) is 5.10 Å². The van der Waals surface area contributed by atoms with Crippen LogP contribution in [0.3, 0.4) is 0 Å². The molecule has 23 heavy (non-hydrogen) atoms. The summed E-state index contributed by atoms with van der Waals surface area (Å²) in [7, 11) is 0. The minimum atomic E-state index is 0.178. The molecular formula is C20H24N2O. The molecule has 0 amide bonds. The first kappa shape index (κ1) is 15.6. The lowest BCUT2D eigenvalue weighted by Crippen LogP contribution is -2.08. The zero-order chi connectivity index (χ0) is 16.4. The standard InChI is InChI=1S/C20H24N2O/c1-5-18-17-8-7-15(12-19(17)22-21-18)11-16-10-14(4)6-9-20(16)23-13(2)3/h6-10,12-13H,5,11H2,1-4H3,(H,21,22). The zero-order valence-corrected chi connectivity index (χ0v) is 14.3. The maximum atomic E-state index is 5.96. The van der Waals surface area contributed by atoms with Crippen LogP contribution in [-0.2, 0) is 12.8 Å². The maximum absolute atomic E-state index is 5.96. The summed E-state index contributed by atoms with van der Waals surface area (Å²) in [6.45, 7) is 8.38. The van der Waals surface area contributed by atoms with Gasteiger partial charge < -0.3 is 4.74 Å². The van der Waals surface area contributed by atoms with Crippen LogP contribution >= 0.6 is 0 Å². The summed E-state index contributed by atoms with van der Waals surface area (Å²) in [5.74, 6) is 0.974. The summed E-state index contributed by atoms with van der Waals surface area (Å²) in [6, 6.07) is 12.9. The van der Waals surface area contributed by atoms with E-state index in [9.17, 15) is 0 Å². The average Bonchev–Trinajstić information content (AvgIpc) is 2.92. The van der Waals surface area contributed by atoms with Gasteiger partial charge in [-0.1, -0.05) is 36.8 Å².